The minimum absolute atomic E-state index is 0.141. The molecule has 1 unspecified atom stereocenters. The van der Waals surface area contributed by atoms with Gasteiger partial charge in [-0.25, -0.2) is 0 Å². The predicted octanol–water partition coefficient (Wildman–Crippen LogP) is 0.268. The van der Waals surface area contributed by atoms with Crippen LogP contribution in [-0.2, 0) is 6.42 Å². The number of piperazine rings is 1. The van der Waals surface area contributed by atoms with Crippen molar-refractivity contribution >= 4 is 0 Å². The van der Waals surface area contributed by atoms with Gasteiger partial charge in [0, 0.05) is 32.1 Å². The van der Waals surface area contributed by atoms with Gasteiger partial charge in [0.2, 0.25) is 5.89 Å². The molecule has 1 aliphatic heterocycles. The molecule has 102 valence electrons. The lowest BCUT2D eigenvalue weighted by molar-refractivity contribution is 0.113. The van der Waals surface area contributed by atoms with E-state index in [4.69, 9.17) is 10.3 Å². The summed E-state index contributed by atoms with van der Waals surface area (Å²) in [6.45, 7) is 5.25. The Morgan fingerprint density at radius 1 is 1.44 bits per heavy atom. The number of nitrogens with zero attached hydrogens (tertiary/aromatic N) is 4. The van der Waals surface area contributed by atoms with Crippen molar-refractivity contribution in [1.29, 1.82) is 0 Å². The summed E-state index contributed by atoms with van der Waals surface area (Å²) in [4.78, 5) is 9.08. The summed E-state index contributed by atoms with van der Waals surface area (Å²) in [6, 6.07) is 0.310. The Hall–Kier alpha value is -0.980. The fraction of sp³-hybridized carbons (Fsp3) is 0.833. The van der Waals surface area contributed by atoms with Gasteiger partial charge in [-0.3, -0.25) is 0 Å². The second-order valence-corrected chi connectivity index (χ2v) is 5.16. The summed E-state index contributed by atoms with van der Waals surface area (Å²) in [7, 11) is 4.30. The van der Waals surface area contributed by atoms with E-state index in [-0.39, 0.29) is 6.04 Å². The number of aromatic nitrogens is 2. The topological polar surface area (TPSA) is 71.4 Å². The van der Waals surface area contributed by atoms with E-state index in [1.807, 2.05) is 6.92 Å². The van der Waals surface area contributed by atoms with E-state index < -0.39 is 0 Å². The van der Waals surface area contributed by atoms with Crippen LogP contribution in [0.15, 0.2) is 4.52 Å². The van der Waals surface area contributed by atoms with Crippen LogP contribution in [0.25, 0.3) is 0 Å². The van der Waals surface area contributed by atoms with Crippen molar-refractivity contribution < 1.29 is 4.52 Å². The number of rotatable bonds is 4. The zero-order valence-corrected chi connectivity index (χ0v) is 11.5. The maximum atomic E-state index is 5.88. The fourth-order valence-electron chi connectivity index (χ4n) is 2.21. The van der Waals surface area contributed by atoms with Gasteiger partial charge in [0.05, 0.1) is 6.04 Å². The van der Waals surface area contributed by atoms with Crippen LogP contribution in [0.2, 0.25) is 0 Å². The molecule has 0 amide bonds. The molecule has 1 fully saturated rings. The van der Waals surface area contributed by atoms with E-state index in [2.05, 4.69) is 34.0 Å². The molecule has 0 aliphatic carbocycles. The molecule has 2 atom stereocenters. The summed E-state index contributed by atoms with van der Waals surface area (Å²) in [5.74, 6) is 1.32. The normalized spacial score (nSPS) is 24.3. The highest BCUT2D eigenvalue weighted by Gasteiger charge is 2.24. The van der Waals surface area contributed by atoms with Gasteiger partial charge in [-0.1, -0.05) is 12.1 Å². The van der Waals surface area contributed by atoms with Crippen LogP contribution in [0.4, 0.5) is 0 Å². The van der Waals surface area contributed by atoms with Gasteiger partial charge in [0.1, 0.15) is 0 Å². The van der Waals surface area contributed by atoms with Crippen molar-refractivity contribution in [2.24, 2.45) is 5.73 Å². The number of hydrogen-bond donors (Lipinski definition) is 1. The van der Waals surface area contributed by atoms with Crippen molar-refractivity contribution in [1.82, 2.24) is 19.9 Å². The molecule has 0 aromatic carbocycles. The zero-order chi connectivity index (χ0) is 13.1. The molecule has 0 radical (unpaired) electrons. The Kier molecular flexibility index (Phi) is 4.31. The van der Waals surface area contributed by atoms with Gasteiger partial charge >= 0.3 is 0 Å². The Morgan fingerprint density at radius 2 is 2.22 bits per heavy atom. The third kappa shape index (κ3) is 3.07. The molecule has 0 saturated carbocycles. The Labute approximate surface area is 108 Å². The molecule has 2 heterocycles. The minimum Gasteiger partial charge on any atom is -0.338 e. The van der Waals surface area contributed by atoms with Crippen LogP contribution < -0.4 is 5.73 Å². The first-order valence-electron chi connectivity index (χ1n) is 6.57. The Balaban J connectivity index is 1.98. The van der Waals surface area contributed by atoms with Gasteiger partial charge in [-0.2, -0.15) is 4.98 Å². The molecule has 1 saturated heterocycles. The molecule has 2 rings (SSSR count). The number of likely N-dealkylation sites (N-methyl/N-ethyl adjacent to an activating group) is 2. The molecule has 18 heavy (non-hydrogen) atoms. The molecular formula is C12H23N5O. The van der Waals surface area contributed by atoms with E-state index in [1.165, 1.54) is 0 Å². The number of hydrogen-bond acceptors (Lipinski definition) is 6. The highest BCUT2D eigenvalue weighted by molar-refractivity contribution is 4.95. The third-order valence-corrected chi connectivity index (χ3v) is 3.64. The molecule has 2 N–H and O–H groups in total. The summed E-state index contributed by atoms with van der Waals surface area (Å²) < 4.78 is 5.20. The highest BCUT2D eigenvalue weighted by Crippen LogP contribution is 2.14. The van der Waals surface area contributed by atoms with E-state index in [0.717, 1.165) is 38.3 Å². The average molecular weight is 253 g/mol. The lowest BCUT2D eigenvalue weighted by atomic mass is 10.1. The van der Waals surface area contributed by atoms with E-state index in [9.17, 15) is 0 Å². The van der Waals surface area contributed by atoms with Crippen LogP contribution in [0.5, 0.6) is 0 Å². The number of nitrogens with two attached hydrogens (primary N) is 1. The molecular weight excluding hydrogens is 230 g/mol. The van der Waals surface area contributed by atoms with Crippen molar-refractivity contribution in [2.75, 3.05) is 33.7 Å². The van der Waals surface area contributed by atoms with Crippen LogP contribution in [0.1, 0.15) is 31.1 Å². The van der Waals surface area contributed by atoms with Gasteiger partial charge in [-0.05, 0) is 20.5 Å². The first-order chi connectivity index (χ1) is 8.60. The summed E-state index contributed by atoms with van der Waals surface area (Å²) in [6.07, 6.45) is 1.63. The standard InChI is InChI=1S/C12H23N5O/c1-4-10(13)12-14-11(15-18-12)7-9-8-16(2)5-6-17(9)3/h9-10H,4-8,13H2,1-3H3/t9?,10-/m0/s1. The SMILES string of the molecule is CC[C@H](N)c1nc(CC2CN(C)CCN2C)no1. The van der Waals surface area contributed by atoms with Crippen LogP contribution in [0.3, 0.4) is 0 Å². The van der Waals surface area contributed by atoms with E-state index in [1.54, 1.807) is 0 Å². The molecule has 6 heteroatoms. The summed E-state index contributed by atoms with van der Waals surface area (Å²) in [5.41, 5.74) is 5.88. The first kappa shape index (κ1) is 13.5. The van der Waals surface area contributed by atoms with Gasteiger partial charge in [0.25, 0.3) is 0 Å². The quantitative estimate of drug-likeness (QED) is 0.830. The highest BCUT2D eigenvalue weighted by atomic mass is 16.5. The van der Waals surface area contributed by atoms with Crippen molar-refractivity contribution in [3.8, 4) is 0 Å². The largest absolute Gasteiger partial charge is 0.338 e. The second kappa shape index (κ2) is 5.77. The van der Waals surface area contributed by atoms with E-state index in [0.29, 0.717) is 11.9 Å². The van der Waals surface area contributed by atoms with Gasteiger partial charge in [0.15, 0.2) is 5.82 Å². The predicted molar refractivity (Wildman–Crippen MR) is 69.1 cm³/mol. The van der Waals surface area contributed by atoms with Crippen LogP contribution in [0, 0.1) is 0 Å². The molecule has 0 bridgehead atoms. The molecule has 1 aromatic rings. The monoisotopic (exact) mass is 253 g/mol. The third-order valence-electron chi connectivity index (χ3n) is 3.64. The minimum atomic E-state index is -0.141. The van der Waals surface area contributed by atoms with Gasteiger partial charge in [-0.15, -0.1) is 0 Å². The zero-order valence-electron chi connectivity index (χ0n) is 11.5. The van der Waals surface area contributed by atoms with Crippen molar-refractivity contribution in [3.05, 3.63) is 11.7 Å². The lowest BCUT2D eigenvalue weighted by Crippen LogP contribution is -2.50. The Morgan fingerprint density at radius 3 is 2.94 bits per heavy atom. The van der Waals surface area contributed by atoms with Crippen LogP contribution >= 0.6 is 0 Å². The van der Waals surface area contributed by atoms with Crippen molar-refractivity contribution in [3.63, 3.8) is 0 Å². The smallest absolute Gasteiger partial charge is 0.243 e. The van der Waals surface area contributed by atoms with Gasteiger partial charge < -0.3 is 20.1 Å². The maximum absolute atomic E-state index is 5.88. The summed E-state index contributed by atoms with van der Waals surface area (Å²) >= 11 is 0. The fourth-order valence-corrected chi connectivity index (χ4v) is 2.21. The second-order valence-electron chi connectivity index (χ2n) is 5.16. The lowest BCUT2D eigenvalue weighted by Gasteiger charge is -2.37. The first-order valence-corrected chi connectivity index (χ1v) is 6.57. The summed E-state index contributed by atoms with van der Waals surface area (Å²) in [5, 5.41) is 4.03. The average Bonchev–Trinajstić information content (AvgIpc) is 2.81. The molecule has 1 aliphatic rings. The maximum Gasteiger partial charge on any atom is 0.243 e. The van der Waals surface area contributed by atoms with E-state index >= 15 is 0 Å². The Bertz CT molecular complexity index is 380. The molecule has 6 nitrogen and oxygen atoms in total. The van der Waals surface area contributed by atoms with Crippen LogP contribution in [-0.4, -0.2) is 59.7 Å². The van der Waals surface area contributed by atoms with Crippen molar-refractivity contribution in [2.45, 2.75) is 31.8 Å². The molecule has 0 spiro atoms. The molecule has 1 aromatic heterocycles.